The summed E-state index contributed by atoms with van der Waals surface area (Å²) in [5.41, 5.74) is 0. The third-order valence-corrected chi connectivity index (χ3v) is 4.31. The van der Waals surface area contributed by atoms with Gasteiger partial charge in [0, 0.05) is 16.6 Å². The lowest BCUT2D eigenvalue weighted by atomic mass is 10.1. The van der Waals surface area contributed by atoms with E-state index < -0.39 is 0 Å². The molecule has 0 radical (unpaired) electrons. The molecule has 0 amide bonds. The van der Waals surface area contributed by atoms with Gasteiger partial charge >= 0.3 is 0 Å². The van der Waals surface area contributed by atoms with Crippen molar-refractivity contribution in [2.24, 2.45) is 20.4 Å². The van der Waals surface area contributed by atoms with Gasteiger partial charge in [0.2, 0.25) is 0 Å². The second-order valence-corrected chi connectivity index (χ2v) is 5.80. The summed E-state index contributed by atoms with van der Waals surface area (Å²) in [6.07, 6.45) is 7.43. The summed E-state index contributed by atoms with van der Waals surface area (Å²) >= 11 is 0. The van der Waals surface area contributed by atoms with E-state index in [1.165, 1.54) is 12.8 Å². The van der Waals surface area contributed by atoms with Crippen molar-refractivity contribution in [3.63, 3.8) is 0 Å². The minimum Gasteiger partial charge on any atom is -0.272 e. The molecule has 0 fully saturated rings. The average molecular weight is 253 g/mol. The Morgan fingerprint density at radius 2 is 2.53 bits per heavy atom. The molecule has 0 N–H and O–H groups in total. The molecule has 94 valence electrons. The van der Waals surface area contributed by atoms with E-state index in [-0.39, 0.29) is 16.8 Å². The van der Waals surface area contributed by atoms with Crippen LogP contribution in [0.3, 0.4) is 0 Å². The topological polar surface area (TPSA) is 46.3 Å². The molecule has 0 saturated carbocycles. The highest BCUT2D eigenvalue weighted by Crippen LogP contribution is 2.20. The largest absolute Gasteiger partial charge is 0.272 e. The van der Waals surface area contributed by atoms with Gasteiger partial charge < -0.3 is 0 Å². The number of hydrogen-bond donors (Lipinski definition) is 0. The zero-order valence-corrected chi connectivity index (χ0v) is 11.2. The van der Waals surface area contributed by atoms with Crippen LogP contribution in [-0.4, -0.2) is 24.0 Å². The minimum absolute atomic E-state index is 0.202. The second kappa shape index (κ2) is 6.21. The van der Waals surface area contributed by atoms with Crippen LogP contribution in [0.5, 0.6) is 0 Å². The van der Waals surface area contributed by atoms with Gasteiger partial charge in [-0.2, -0.15) is 0 Å². The van der Waals surface area contributed by atoms with E-state index in [0.717, 1.165) is 18.0 Å². The standard InChI is InChI=1S/C12H19N3OS/c1-3-4-5-10(2)16-15-17-7-6-11-8-13-9-14-12(11)17/h6-7,9-11H,3-5,8H2,1-2H3. The predicted octanol–water partition coefficient (Wildman–Crippen LogP) is 2.88. The quantitative estimate of drug-likeness (QED) is 0.695. The van der Waals surface area contributed by atoms with Gasteiger partial charge in [-0.1, -0.05) is 25.8 Å². The Balaban J connectivity index is 1.92. The van der Waals surface area contributed by atoms with Gasteiger partial charge in [-0.3, -0.25) is 4.99 Å². The monoisotopic (exact) mass is 253 g/mol. The Morgan fingerprint density at radius 1 is 1.65 bits per heavy atom. The van der Waals surface area contributed by atoms with E-state index >= 15 is 0 Å². The fourth-order valence-electron chi connectivity index (χ4n) is 1.75. The van der Waals surface area contributed by atoms with Crippen LogP contribution < -0.4 is 0 Å². The number of nitrogens with zero attached hydrogens (tertiary/aromatic N) is 3. The highest BCUT2D eigenvalue weighted by Gasteiger charge is 2.24. The van der Waals surface area contributed by atoms with Crippen molar-refractivity contribution in [2.45, 2.75) is 39.2 Å². The third kappa shape index (κ3) is 3.33. The van der Waals surface area contributed by atoms with Gasteiger partial charge in [0.15, 0.2) is 0 Å². The molecular weight excluding hydrogens is 234 g/mol. The maximum Gasteiger partial charge on any atom is 0.110 e. The van der Waals surface area contributed by atoms with Crippen LogP contribution in [0.25, 0.3) is 0 Å². The third-order valence-electron chi connectivity index (χ3n) is 2.81. The molecule has 0 aromatic heterocycles. The number of aliphatic imine (C=N–C) groups is 2. The predicted molar refractivity (Wildman–Crippen MR) is 73.3 cm³/mol. The molecular formula is C12H19N3OS. The highest BCUT2D eigenvalue weighted by molar-refractivity contribution is 8.05. The van der Waals surface area contributed by atoms with Crippen molar-refractivity contribution in [3.8, 4) is 0 Å². The summed E-state index contributed by atoms with van der Waals surface area (Å²) in [6.45, 7) is 5.07. The van der Waals surface area contributed by atoms with Gasteiger partial charge in [-0.15, -0.1) is 4.53 Å². The zero-order chi connectivity index (χ0) is 12.1. The molecule has 0 aromatic rings. The number of rotatable bonds is 5. The maximum absolute atomic E-state index is 5.54. The van der Waals surface area contributed by atoms with Crippen molar-refractivity contribution in [3.05, 3.63) is 11.5 Å². The summed E-state index contributed by atoms with van der Waals surface area (Å²) in [4.78, 5) is 14.0. The molecule has 17 heavy (non-hydrogen) atoms. The summed E-state index contributed by atoms with van der Waals surface area (Å²) in [7, 11) is -0.289. The molecule has 5 heteroatoms. The molecule has 2 aliphatic rings. The summed E-state index contributed by atoms with van der Waals surface area (Å²) < 4.78 is 4.31. The van der Waals surface area contributed by atoms with Crippen LogP contribution in [-0.2, 0) is 15.5 Å². The summed E-state index contributed by atoms with van der Waals surface area (Å²) in [6, 6.07) is 0. The van der Waals surface area contributed by atoms with Gasteiger partial charge in [0.25, 0.3) is 0 Å². The van der Waals surface area contributed by atoms with Gasteiger partial charge in [-0.25, -0.2) is 9.83 Å². The molecule has 0 aliphatic carbocycles. The van der Waals surface area contributed by atoms with Crippen LogP contribution in [0.15, 0.2) is 26.0 Å². The van der Waals surface area contributed by atoms with E-state index in [1.54, 1.807) is 6.34 Å². The smallest absolute Gasteiger partial charge is 0.110 e. The Kier molecular flexibility index (Phi) is 4.62. The van der Waals surface area contributed by atoms with Gasteiger partial charge in [0.05, 0.1) is 12.6 Å². The molecule has 3 atom stereocenters. The maximum atomic E-state index is 5.54. The van der Waals surface area contributed by atoms with E-state index in [2.05, 4.69) is 39.8 Å². The fourth-order valence-corrected chi connectivity index (χ4v) is 3.21. The van der Waals surface area contributed by atoms with Crippen LogP contribution in [0.2, 0.25) is 0 Å². The van der Waals surface area contributed by atoms with Crippen LogP contribution in [0.4, 0.5) is 0 Å². The van der Waals surface area contributed by atoms with Crippen molar-refractivity contribution >= 4 is 22.1 Å². The number of fused-ring (bicyclic) bond motifs is 1. The first kappa shape index (κ1) is 12.6. The normalized spacial score (nSPS) is 28.2. The Hall–Kier alpha value is -0.810. The molecule has 0 spiro atoms. The van der Waals surface area contributed by atoms with E-state index in [4.69, 9.17) is 4.84 Å². The van der Waals surface area contributed by atoms with E-state index in [1.807, 2.05) is 0 Å². The molecule has 2 aliphatic heterocycles. The van der Waals surface area contributed by atoms with E-state index in [9.17, 15) is 0 Å². The second-order valence-electron chi connectivity index (χ2n) is 4.33. The molecule has 2 rings (SSSR count). The summed E-state index contributed by atoms with van der Waals surface area (Å²) in [5, 5.41) is 3.19. The van der Waals surface area contributed by atoms with Crippen LogP contribution >= 0.6 is 0 Å². The zero-order valence-electron chi connectivity index (χ0n) is 10.4. The fraction of sp³-hybridized carbons (Fsp3) is 0.667. The number of hydrogen-bond acceptors (Lipinski definition) is 4. The molecule has 0 aromatic carbocycles. The van der Waals surface area contributed by atoms with Gasteiger partial charge in [0.1, 0.15) is 11.4 Å². The Labute approximate surface area is 105 Å². The highest BCUT2D eigenvalue weighted by atomic mass is 32.2. The Bertz CT molecular complexity index is 387. The Morgan fingerprint density at radius 3 is 3.35 bits per heavy atom. The summed E-state index contributed by atoms with van der Waals surface area (Å²) in [5.74, 6) is 0.349. The molecule has 0 saturated heterocycles. The van der Waals surface area contributed by atoms with Crippen molar-refractivity contribution < 1.29 is 4.84 Å². The van der Waals surface area contributed by atoms with Crippen molar-refractivity contribution in [2.75, 3.05) is 6.54 Å². The van der Waals surface area contributed by atoms with E-state index in [0.29, 0.717) is 5.92 Å². The molecule has 2 heterocycles. The SMILES string of the molecule is CCCCC(C)ON=S1C=CC2CN=CN=C21. The van der Waals surface area contributed by atoms with Crippen LogP contribution in [0.1, 0.15) is 33.1 Å². The lowest BCUT2D eigenvalue weighted by Crippen LogP contribution is -2.18. The first-order valence-electron chi connectivity index (χ1n) is 6.15. The average Bonchev–Trinajstić information content (AvgIpc) is 2.77. The lowest BCUT2D eigenvalue weighted by molar-refractivity contribution is 0.0699. The first-order valence-corrected chi connectivity index (χ1v) is 7.40. The molecule has 3 unspecified atom stereocenters. The molecule has 4 nitrogen and oxygen atoms in total. The van der Waals surface area contributed by atoms with Crippen LogP contribution in [0, 0.1) is 5.92 Å². The van der Waals surface area contributed by atoms with Crippen molar-refractivity contribution in [1.29, 1.82) is 0 Å². The number of unbranched alkanes of at least 4 members (excludes halogenated alkanes) is 1. The molecule has 0 bridgehead atoms. The lowest BCUT2D eigenvalue weighted by Gasteiger charge is -2.11. The van der Waals surface area contributed by atoms with Crippen molar-refractivity contribution in [1.82, 2.24) is 0 Å². The first-order chi connectivity index (χ1) is 8.31. The minimum atomic E-state index is -0.289. The van der Waals surface area contributed by atoms with Gasteiger partial charge in [-0.05, 0) is 18.8 Å².